The molecule has 1 aromatic carbocycles. The summed E-state index contributed by atoms with van der Waals surface area (Å²) in [5, 5.41) is 0. The Balaban J connectivity index is 2.98. The molecule has 0 aliphatic carbocycles. The topological polar surface area (TPSA) is 55.8 Å². The summed E-state index contributed by atoms with van der Waals surface area (Å²) in [5.41, 5.74) is 0.630. The second-order valence-electron chi connectivity index (χ2n) is 3.89. The monoisotopic (exact) mass is 263 g/mol. The Labute approximate surface area is 112 Å². The minimum atomic E-state index is -0.556. The Morgan fingerprint density at radius 1 is 1.21 bits per heavy atom. The molecule has 1 aromatic rings. The molecule has 0 atom stereocenters. The zero-order chi connectivity index (χ0) is 14.3. The normalized spacial score (nSPS) is 10.8. The van der Waals surface area contributed by atoms with Crippen molar-refractivity contribution in [1.82, 2.24) is 4.90 Å². The van der Waals surface area contributed by atoms with Crippen LogP contribution < -0.4 is 0 Å². The summed E-state index contributed by atoms with van der Waals surface area (Å²) in [7, 11) is 3.13. The van der Waals surface area contributed by atoms with Gasteiger partial charge in [0.05, 0.1) is 12.7 Å². The Kier molecular flexibility index (Phi) is 5.60. The van der Waals surface area contributed by atoms with Crippen LogP contribution in [0.4, 0.5) is 4.79 Å². The van der Waals surface area contributed by atoms with Gasteiger partial charge >= 0.3 is 12.1 Å². The smallest absolute Gasteiger partial charge is 0.414 e. The minimum absolute atomic E-state index is 0.165. The van der Waals surface area contributed by atoms with Crippen LogP contribution in [0.1, 0.15) is 12.5 Å². The molecule has 1 rings (SSSR count). The van der Waals surface area contributed by atoms with E-state index in [2.05, 4.69) is 0 Å². The maximum atomic E-state index is 11.6. The first-order valence-electron chi connectivity index (χ1n) is 5.87. The van der Waals surface area contributed by atoms with Gasteiger partial charge in [-0.25, -0.2) is 9.59 Å². The Morgan fingerprint density at radius 3 is 2.37 bits per heavy atom. The van der Waals surface area contributed by atoms with E-state index in [-0.39, 0.29) is 12.4 Å². The molecular weight excluding hydrogens is 246 g/mol. The van der Waals surface area contributed by atoms with Crippen LogP contribution in [-0.4, -0.2) is 37.7 Å². The Hall–Kier alpha value is -2.30. The fraction of sp³-hybridized carbons (Fsp3) is 0.286. The van der Waals surface area contributed by atoms with E-state index in [9.17, 15) is 9.59 Å². The molecule has 0 saturated heterocycles. The number of hydrogen-bond acceptors (Lipinski definition) is 4. The lowest BCUT2D eigenvalue weighted by Gasteiger charge is -2.13. The van der Waals surface area contributed by atoms with E-state index in [4.69, 9.17) is 9.47 Å². The number of carbonyl (C=O) groups excluding carboxylic acids is 2. The average Bonchev–Trinajstić information content (AvgIpc) is 2.39. The summed E-state index contributed by atoms with van der Waals surface area (Å²) >= 11 is 0. The molecule has 0 spiro atoms. The van der Waals surface area contributed by atoms with Crippen LogP contribution in [0, 0.1) is 0 Å². The number of hydrogen-bond donors (Lipinski definition) is 0. The lowest BCUT2D eigenvalue weighted by atomic mass is 10.2. The maximum absolute atomic E-state index is 11.6. The number of benzene rings is 1. The fourth-order valence-electron chi connectivity index (χ4n) is 1.25. The molecule has 19 heavy (non-hydrogen) atoms. The van der Waals surface area contributed by atoms with Crippen molar-refractivity contribution in [3.05, 3.63) is 42.0 Å². The fourth-order valence-corrected chi connectivity index (χ4v) is 1.25. The van der Waals surface area contributed by atoms with Crippen LogP contribution in [-0.2, 0) is 14.3 Å². The molecule has 0 heterocycles. The molecule has 0 aliphatic heterocycles. The second-order valence-corrected chi connectivity index (χ2v) is 3.89. The number of rotatable bonds is 4. The highest BCUT2D eigenvalue weighted by atomic mass is 16.6. The molecule has 5 heteroatoms. The third-order valence-electron chi connectivity index (χ3n) is 2.16. The molecule has 0 unspecified atom stereocenters. The summed E-state index contributed by atoms with van der Waals surface area (Å²) in [6.45, 7) is 1.97. The first-order chi connectivity index (χ1) is 9.04. The summed E-state index contributed by atoms with van der Waals surface area (Å²) in [6, 6.07) is 8.90. The minimum Gasteiger partial charge on any atom is -0.463 e. The zero-order valence-corrected chi connectivity index (χ0v) is 11.3. The van der Waals surface area contributed by atoms with Gasteiger partial charge in [0, 0.05) is 19.7 Å². The van der Waals surface area contributed by atoms with Crippen molar-refractivity contribution in [2.75, 3.05) is 20.7 Å². The van der Waals surface area contributed by atoms with E-state index in [0.717, 1.165) is 0 Å². The molecule has 5 nitrogen and oxygen atoms in total. The zero-order valence-electron chi connectivity index (χ0n) is 11.3. The molecule has 102 valence electrons. The predicted octanol–water partition coefficient (Wildman–Crippen LogP) is 2.29. The Bertz CT molecular complexity index is 466. The van der Waals surface area contributed by atoms with E-state index in [1.54, 1.807) is 45.3 Å². The van der Waals surface area contributed by atoms with E-state index >= 15 is 0 Å². The molecule has 1 amide bonds. The molecule has 0 saturated carbocycles. The first kappa shape index (κ1) is 14.8. The van der Waals surface area contributed by atoms with Gasteiger partial charge in [-0.3, -0.25) is 0 Å². The van der Waals surface area contributed by atoms with Crippen molar-refractivity contribution >= 4 is 17.8 Å². The van der Waals surface area contributed by atoms with Gasteiger partial charge in [-0.15, -0.1) is 0 Å². The average molecular weight is 263 g/mol. The van der Waals surface area contributed by atoms with Crippen LogP contribution in [0.15, 0.2) is 36.4 Å². The van der Waals surface area contributed by atoms with Gasteiger partial charge in [0.1, 0.15) is 5.76 Å². The number of carbonyl (C=O) groups is 2. The molecule has 0 fully saturated rings. The van der Waals surface area contributed by atoms with Gasteiger partial charge in [0.15, 0.2) is 0 Å². The van der Waals surface area contributed by atoms with E-state index < -0.39 is 12.1 Å². The third kappa shape index (κ3) is 4.83. The quantitative estimate of drug-likeness (QED) is 0.475. The highest BCUT2D eigenvalue weighted by Crippen LogP contribution is 2.16. The SMILES string of the molecule is CCOC(=O)/C=C(\OC(=O)N(C)C)c1ccccc1. The molecule has 0 radical (unpaired) electrons. The number of amides is 1. The van der Waals surface area contributed by atoms with Crippen LogP contribution >= 0.6 is 0 Å². The van der Waals surface area contributed by atoms with Crippen molar-refractivity contribution in [2.45, 2.75) is 6.92 Å². The molecule has 0 aromatic heterocycles. The first-order valence-corrected chi connectivity index (χ1v) is 5.87. The molecule has 0 bridgehead atoms. The van der Waals surface area contributed by atoms with E-state index in [0.29, 0.717) is 5.56 Å². The van der Waals surface area contributed by atoms with E-state index in [1.807, 2.05) is 6.07 Å². The number of nitrogens with zero attached hydrogens (tertiary/aromatic N) is 1. The highest BCUT2D eigenvalue weighted by Gasteiger charge is 2.13. The van der Waals surface area contributed by atoms with Crippen LogP contribution in [0.5, 0.6) is 0 Å². The summed E-state index contributed by atoms with van der Waals surface area (Å²) < 4.78 is 9.98. The van der Waals surface area contributed by atoms with Crippen molar-refractivity contribution < 1.29 is 19.1 Å². The number of ether oxygens (including phenoxy) is 2. The molecule has 0 N–H and O–H groups in total. The van der Waals surface area contributed by atoms with Crippen molar-refractivity contribution in [3.63, 3.8) is 0 Å². The van der Waals surface area contributed by atoms with Gasteiger partial charge in [0.25, 0.3) is 0 Å². The van der Waals surface area contributed by atoms with Gasteiger partial charge in [-0.1, -0.05) is 30.3 Å². The Morgan fingerprint density at radius 2 is 1.84 bits per heavy atom. The third-order valence-corrected chi connectivity index (χ3v) is 2.16. The maximum Gasteiger partial charge on any atom is 0.414 e. The van der Waals surface area contributed by atoms with Gasteiger partial charge in [-0.05, 0) is 6.92 Å². The van der Waals surface area contributed by atoms with E-state index in [1.165, 1.54) is 11.0 Å². The standard InChI is InChI=1S/C14H17NO4/c1-4-18-13(16)10-12(19-14(17)15(2)3)11-8-6-5-7-9-11/h5-10H,4H2,1-3H3/b12-10-. The molecular formula is C14H17NO4. The van der Waals surface area contributed by atoms with Crippen LogP contribution in [0.25, 0.3) is 5.76 Å². The van der Waals surface area contributed by atoms with Crippen molar-refractivity contribution in [2.24, 2.45) is 0 Å². The lowest BCUT2D eigenvalue weighted by molar-refractivity contribution is -0.137. The van der Waals surface area contributed by atoms with Crippen molar-refractivity contribution in [3.8, 4) is 0 Å². The van der Waals surface area contributed by atoms with Crippen LogP contribution in [0.3, 0.4) is 0 Å². The number of esters is 1. The van der Waals surface area contributed by atoms with Crippen LogP contribution in [0.2, 0.25) is 0 Å². The second kappa shape index (κ2) is 7.20. The van der Waals surface area contributed by atoms with Gasteiger partial charge < -0.3 is 14.4 Å². The summed E-state index contributed by atoms with van der Waals surface area (Å²) in [4.78, 5) is 24.3. The summed E-state index contributed by atoms with van der Waals surface area (Å²) in [5.74, 6) is -0.384. The highest BCUT2D eigenvalue weighted by molar-refractivity contribution is 5.91. The molecule has 0 aliphatic rings. The van der Waals surface area contributed by atoms with Gasteiger partial charge in [-0.2, -0.15) is 0 Å². The largest absolute Gasteiger partial charge is 0.463 e. The van der Waals surface area contributed by atoms with Crippen molar-refractivity contribution in [1.29, 1.82) is 0 Å². The predicted molar refractivity (Wildman–Crippen MR) is 71.2 cm³/mol. The lowest BCUT2D eigenvalue weighted by Crippen LogP contribution is -2.22. The van der Waals surface area contributed by atoms with Gasteiger partial charge in [0.2, 0.25) is 0 Å². The summed E-state index contributed by atoms with van der Waals surface area (Å²) in [6.07, 6.45) is 0.611.